The maximum absolute atomic E-state index is 5.74. The van der Waals surface area contributed by atoms with Gasteiger partial charge in [-0.1, -0.05) is 0 Å². The van der Waals surface area contributed by atoms with Crippen molar-refractivity contribution < 1.29 is 18.3 Å². The molecule has 0 bridgehead atoms. The Kier molecular flexibility index (Phi) is 10.0. The first-order valence-electron chi connectivity index (χ1n) is 18.7. The Morgan fingerprint density at radius 3 is 1.92 bits per heavy atom. The zero-order chi connectivity index (χ0) is 34.6. The molecule has 266 valence electrons. The molecule has 0 fully saturated rings. The van der Waals surface area contributed by atoms with Crippen LogP contribution in [0.4, 0.5) is 0 Å². The van der Waals surface area contributed by atoms with Gasteiger partial charge in [0.05, 0.1) is 0 Å². The summed E-state index contributed by atoms with van der Waals surface area (Å²) in [7, 11) is 0. The van der Waals surface area contributed by atoms with E-state index in [1.54, 1.807) is 6.55 Å². The van der Waals surface area contributed by atoms with Crippen LogP contribution in [0.3, 0.4) is 0 Å². The normalized spacial score (nSPS) is 21.6. The van der Waals surface area contributed by atoms with Crippen LogP contribution in [-0.4, -0.2) is 4.21 Å². The van der Waals surface area contributed by atoms with Crippen molar-refractivity contribution in [3.8, 4) is 11.1 Å². The van der Waals surface area contributed by atoms with Gasteiger partial charge in [0.15, 0.2) is 0 Å². The van der Waals surface area contributed by atoms with Gasteiger partial charge >= 0.3 is 295 Å². The second kappa shape index (κ2) is 12.8. The van der Waals surface area contributed by atoms with Crippen molar-refractivity contribution in [2.24, 2.45) is 11.3 Å². The number of hydrogen-bond donors (Lipinski definition) is 0. The van der Waals surface area contributed by atoms with Crippen LogP contribution < -0.4 is 3.27 Å². The molecule has 0 nitrogen and oxygen atoms in total. The number of benzene rings is 3. The van der Waals surface area contributed by atoms with Gasteiger partial charge < -0.3 is 0 Å². The van der Waals surface area contributed by atoms with E-state index in [9.17, 15) is 0 Å². The Balaban J connectivity index is 0.00000243. The van der Waals surface area contributed by atoms with E-state index < -0.39 is 18.3 Å². The van der Waals surface area contributed by atoms with E-state index in [2.05, 4.69) is 155 Å². The Hall–Kier alpha value is -2.05. The first kappa shape index (κ1) is 39.2. The number of allylic oxidation sites excluding steroid dienone is 8. The van der Waals surface area contributed by atoms with E-state index >= 15 is 0 Å². The van der Waals surface area contributed by atoms with E-state index in [4.69, 9.17) is 4.21 Å². The number of hydrogen-bond acceptors (Lipinski definition) is 0. The monoisotopic (exact) mass is 784 g/mol. The Labute approximate surface area is 317 Å². The van der Waals surface area contributed by atoms with Crippen LogP contribution >= 0.6 is 24.8 Å². The van der Waals surface area contributed by atoms with Crippen LogP contribution in [0, 0.1) is 11.3 Å². The number of halogens is 2. The van der Waals surface area contributed by atoms with Gasteiger partial charge in [-0.25, -0.2) is 0 Å². The van der Waals surface area contributed by atoms with Gasteiger partial charge in [0.1, 0.15) is 0 Å². The van der Waals surface area contributed by atoms with E-state index in [-0.39, 0.29) is 41.1 Å². The third kappa shape index (κ3) is 5.50. The molecule has 4 aliphatic carbocycles. The van der Waals surface area contributed by atoms with Crippen LogP contribution in [-0.2, 0) is 35.5 Å². The quantitative estimate of drug-likeness (QED) is 0.189. The molecule has 7 rings (SSSR count). The molecule has 0 radical (unpaired) electrons. The van der Waals surface area contributed by atoms with E-state index in [1.165, 1.54) is 61.2 Å². The molecule has 3 aromatic carbocycles. The predicted octanol–water partition coefficient (Wildman–Crippen LogP) is 13.5. The summed E-state index contributed by atoms with van der Waals surface area (Å²) in [5, 5.41) is 0. The zero-order valence-electron chi connectivity index (χ0n) is 32.5. The van der Waals surface area contributed by atoms with Gasteiger partial charge in [-0.15, -0.1) is 24.8 Å². The van der Waals surface area contributed by atoms with Crippen molar-refractivity contribution in [2.45, 2.75) is 114 Å². The molecule has 4 aliphatic rings. The Morgan fingerprint density at radius 1 is 0.780 bits per heavy atom. The molecule has 0 N–H and O–H groups in total. The molecule has 0 saturated heterocycles. The van der Waals surface area contributed by atoms with Gasteiger partial charge in [0, 0.05) is 0 Å². The average Bonchev–Trinajstić information content (AvgIpc) is 3.66. The molecule has 0 saturated carbocycles. The summed E-state index contributed by atoms with van der Waals surface area (Å²) in [6, 6.07) is 22.0. The topological polar surface area (TPSA) is 0 Å². The van der Waals surface area contributed by atoms with Crippen molar-refractivity contribution in [1.29, 1.82) is 0 Å². The molecule has 3 aromatic rings. The number of rotatable bonds is 5. The third-order valence-electron chi connectivity index (χ3n) is 13.7. The molecule has 50 heavy (non-hydrogen) atoms. The van der Waals surface area contributed by atoms with Crippen molar-refractivity contribution in [3.05, 3.63) is 121 Å². The van der Waals surface area contributed by atoms with Gasteiger partial charge in [-0.05, 0) is 0 Å². The Morgan fingerprint density at radius 2 is 1.36 bits per heavy atom. The summed E-state index contributed by atoms with van der Waals surface area (Å²) in [4.78, 5) is 0. The van der Waals surface area contributed by atoms with Crippen LogP contribution in [0.25, 0.3) is 22.3 Å². The van der Waals surface area contributed by atoms with Crippen LogP contribution in [0.5, 0.6) is 0 Å². The third-order valence-corrected chi connectivity index (χ3v) is 32.7. The van der Waals surface area contributed by atoms with Crippen molar-refractivity contribution in [3.63, 3.8) is 0 Å². The summed E-state index contributed by atoms with van der Waals surface area (Å²) >= 11 is -4.36. The molecule has 2 unspecified atom stereocenters. The minimum atomic E-state index is -4.36. The fourth-order valence-electron chi connectivity index (χ4n) is 10.5. The van der Waals surface area contributed by atoms with Crippen LogP contribution in [0.15, 0.2) is 87.8 Å². The van der Waals surface area contributed by atoms with E-state index in [0.717, 1.165) is 23.4 Å². The zero-order valence-corrected chi connectivity index (χ0v) is 36.6. The minimum absolute atomic E-state index is 0. The predicted molar refractivity (Wildman–Crippen MR) is 224 cm³/mol. The van der Waals surface area contributed by atoms with Crippen molar-refractivity contribution in [2.75, 3.05) is 0 Å². The molecule has 0 heterocycles. The average molecular weight is 787 g/mol. The molecule has 0 aromatic heterocycles. The standard InChI is InChI=1S/C27H29.C11H17.C6H5.C2H5.CH2.2ClH.Zr/c1-16-7-9-26(3,4)24-12-18-11-19-13-25-21(17(2)8-10-27(25,5)6)15-23(19)22(18)14-20(16)24;1-5-9-6-7-10(8-9)11(2,3)4;1-2-4-6-5-3-1;1-2;;;;/h7-9,12-15H,10-11H2,1-6H3;7-9H,5H2,1-4H3;1-5H;1H2,2H3;1H2;2*1H;. The molecule has 0 spiro atoms. The van der Waals surface area contributed by atoms with Gasteiger partial charge in [-0.2, -0.15) is 0 Å². The first-order chi connectivity index (χ1) is 22.4. The maximum atomic E-state index is 5.74. The van der Waals surface area contributed by atoms with Gasteiger partial charge in [0.25, 0.3) is 0 Å². The molecule has 3 heteroatoms. The molecular formula is C47H60Cl2Zr. The molecule has 0 amide bonds. The summed E-state index contributed by atoms with van der Waals surface area (Å²) in [5.74, 6) is 0.454. The fourth-order valence-corrected chi connectivity index (χ4v) is 29.2. The molecular weight excluding hydrogens is 727 g/mol. The van der Waals surface area contributed by atoms with Gasteiger partial charge in [-0.3, -0.25) is 0 Å². The summed E-state index contributed by atoms with van der Waals surface area (Å²) in [5.41, 5.74) is 16.5. The van der Waals surface area contributed by atoms with Crippen molar-refractivity contribution >= 4 is 43.4 Å². The first-order valence-corrected chi connectivity index (χ1v) is 26.0. The second-order valence-corrected chi connectivity index (χ2v) is 33.1. The molecule has 2 atom stereocenters. The summed E-state index contributed by atoms with van der Waals surface area (Å²) in [6.07, 6.45) is 13.7. The van der Waals surface area contributed by atoms with Crippen LogP contribution in [0.1, 0.15) is 122 Å². The molecule has 0 aliphatic heterocycles. The fraction of sp³-hybridized carbons (Fsp3) is 0.426. The summed E-state index contributed by atoms with van der Waals surface area (Å²) in [6.45, 7) is 26.7. The number of fused-ring (bicyclic) bond motifs is 5. The summed E-state index contributed by atoms with van der Waals surface area (Å²) < 4.78 is 10.5. The van der Waals surface area contributed by atoms with E-state index in [0.29, 0.717) is 9.54 Å². The second-order valence-electron chi connectivity index (χ2n) is 18.3. The SMILES string of the molecule is Cl.Cl.[CH2]=[Zr]([CH2]C)([C]1=CC(C(C)(C)C)=CC1CC)([c]1ccccc1)[CH]1C=C(C)c2cc3c(cc2C1(C)C)Cc1cc2c(cc1-3)C(C)=CCC2(C)C. The van der Waals surface area contributed by atoms with Crippen LogP contribution in [0.2, 0.25) is 7.75 Å². The Bertz CT molecular complexity index is 2060. The van der Waals surface area contributed by atoms with Crippen molar-refractivity contribution in [1.82, 2.24) is 0 Å². The van der Waals surface area contributed by atoms with E-state index in [1.807, 2.05) is 0 Å². The van der Waals surface area contributed by atoms with Gasteiger partial charge in [0.2, 0.25) is 0 Å².